The molecule has 1 aliphatic heterocycles. The minimum atomic E-state index is -4.61. The molecule has 0 bridgehead atoms. The number of alkyl halides is 3. The predicted octanol–water partition coefficient (Wildman–Crippen LogP) is 5.71. The van der Waals surface area contributed by atoms with Gasteiger partial charge in [-0.25, -0.2) is 9.78 Å². The smallest absolute Gasteiger partial charge is 0.356 e. The Bertz CT molecular complexity index is 1190. The molecule has 174 valence electrons. The Balaban J connectivity index is 1.38. The molecule has 0 aliphatic carbocycles. The highest BCUT2D eigenvalue weighted by molar-refractivity contribution is 6.31. The summed E-state index contributed by atoms with van der Waals surface area (Å²) in [6.45, 7) is 4.77. The second kappa shape index (κ2) is 9.05. The van der Waals surface area contributed by atoms with Crippen molar-refractivity contribution in [3.63, 3.8) is 0 Å². The van der Waals surface area contributed by atoms with Crippen molar-refractivity contribution in [2.24, 2.45) is 0 Å². The van der Waals surface area contributed by atoms with E-state index in [2.05, 4.69) is 20.6 Å². The van der Waals surface area contributed by atoms with Gasteiger partial charge in [-0.2, -0.15) is 13.2 Å². The van der Waals surface area contributed by atoms with Crippen LogP contribution < -0.4 is 15.5 Å². The van der Waals surface area contributed by atoms with Crippen LogP contribution in [-0.2, 0) is 6.18 Å². The normalized spacial score (nSPS) is 15.0. The van der Waals surface area contributed by atoms with Crippen LogP contribution in [0, 0.1) is 13.8 Å². The third-order valence-electron chi connectivity index (χ3n) is 5.70. The summed E-state index contributed by atoms with van der Waals surface area (Å²) in [7, 11) is 0. The van der Waals surface area contributed by atoms with Crippen molar-refractivity contribution >= 4 is 39.9 Å². The average molecular weight is 478 g/mol. The first-order valence-corrected chi connectivity index (χ1v) is 10.9. The maximum absolute atomic E-state index is 13.1. The highest BCUT2D eigenvalue weighted by atomic mass is 35.5. The molecule has 0 atom stereocenters. The standard InChI is InChI=1S/C23H23ClF3N5O/c1-13-12-17-16(14(2)28-13)4-3-5-19(17)30-22(33)29-15-8-10-32(11-9-15)20-7-6-18(24)21(31-20)23(25,26)27/h3-7,12,15H,8-11H2,1-2H3,(H2,29,30,33). The van der Waals surface area contributed by atoms with Crippen molar-refractivity contribution in [2.45, 2.75) is 38.9 Å². The summed E-state index contributed by atoms with van der Waals surface area (Å²) in [5.74, 6) is 0.227. The molecule has 0 unspecified atom stereocenters. The van der Waals surface area contributed by atoms with E-state index >= 15 is 0 Å². The average Bonchev–Trinajstić information content (AvgIpc) is 2.74. The van der Waals surface area contributed by atoms with Gasteiger partial charge in [0, 0.05) is 41.3 Å². The van der Waals surface area contributed by atoms with E-state index in [0.29, 0.717) is 31.6 Å². The molecule has 6 nitrogen and oxygen atoms in total. The van der Waals surface area contributed by atoms with E-state index in [-0.39, 0.29) is 17.9 Å². The van der Waals surface area contributed by atoms with Crippen LogP contribution in [0.1, 0.15) is 29.9 Å². The van der Waals surface area contributed by atoms with Crippen LogP contribution in [0.4, 0.5) is 29.5 Å². The number of fused-ring (bicyclic) bond motifs is 1. The van der Waals surface area contributed by atoms with Crippen LogP contribution in [-0.4, -0.2) is 35.1 Å². The Morgan fingerprint density at radius 2 is 1.82 bits per heavy atom. The lowest BCUT2D eigenvalue weighted by molar-refractivity contribution is -0.141. The molecule has 0 spiro atoms. The van der Waals surface area contributed by atoms with Crippen molar-refractivity contribution in [1.82, 2.24) is 15.3 Å². The molecular weight excluding hydrogens is 455 g/mol. The number of anilines is 2. The number of nitrogens with one attached hydrogen (secondary N) is 2. The number of benzene rings is 1. The highest BCUT2D eigenvalue weighted by Gasteiger charge is 2.36. The van der Waals surface area contributed by atoms with Crippen molar-refractivity contribution in [1.29, 1.82) is 0 Å². The molecule has 1 aromatic carbocycles. The zero-order valence-corrected chi connectivity index (χ0v) is 18.9. The Morgan fingerprint density at radius 3 is 2.52 bits per heavy atom. The summed E-state index contributed by atoms with van der Waals surface area (Å²) in [5.41, 5.74) is 1.37. The molecule has 0 saturated carbocycles. The van der Waals surface area contributed by atoms with Crippen LogP contribution in [0.25, 0.3) is 10.8 Å². The molecule has 33 heavy (non-hydrogen) atoms. The lowest BCUT2D eigenvalue weighted by Crippen LogP contribution is -2.46. The van der Waals surface area contributed by atoms with Crippen LogP contribution in [0.15, 0.2) is 36.4 Å². The summed E-state index contributed by atoms with van der Waals surface area (Å²) >= 11 is 5.66. The van der Waals surface area contributed by atoms with E-state index in [4.69, 9.17) is 11.6 Å². The molecule has 10 heteroatoms. The molecule has 1 fully saturated rings. The molecule has 0 radical (unpaired) electrons. The quantitative estimate of drug-likeness (QED) is 0.507. The van der Waals surface area contributed by atoms with Gasteiger partial charge < -0.3 is 15.5 Å². The molecule has 2 N–H and O–H groups in total. The van der Waals surface area contributed by atoms with Gasteiger partial charge in [-0.1, -0.05) is 23.7 Å². The number of carbonyl (C=O) groups excluding carboxylic acids is 1. The van der Waals surface area contributed by atoms with Gasteiger partial charge in [0.05, 0.1) is 10.7 Å². The zero-order valence-electron chi connectivity index (χ0n) is 18.1. The van der Waals surface area contributed by atoms with Gasteiger partial charge in [0.15, 0.2) is 5.69 Å². The van der Waals surface area contributed by atoms with Gasteiger partial charge in [-0.15, -0.1) is 0 Å². The number of aromatic nitrogens is 2. The largest absolute Gasteiger partial charge is 0.434 e. The van der Waals surface area contributed by atoms with Crippen LogP contribution in [0.2, 0.25) is 5.02 Å². The number of hydrogen-bond acceptors (Lipinski definition) is 4. The van der Waals surface area contributed by atoms with E-state index in [1.54, 1.807) is 4.90 Å². The number of nitrogens with zero attached hydrogens (tertiary/aromatic N) is 3. The maximum atomic E-state index is 13.1. The molecule has 4 rings (SSSR count). The first kappa shape index (κ1) is 23.1. The zero-order chi connectivity index (χ0) is 23.8. The molecule has 1 saturated heterocycles. The Kier molecular flexibility index (Phi) is 6.34. The van der Waals surface area contributed by atoms with Crippen LogP contribution >= 0.6 is 11.6 Å². The highest BCUT2D eigenvalue weighted by Crippen LogP contribution is 2.35. The fourth-order valence-electron chi connectivity index (χ4n) is 4.11. The lowest BCUT2D eigenvalue weighted by atomic mass is 10.0. The predicted molar refractivity (Wildman–Crippen MR) is 123 cm³/mol. The van der Waals surface area contributed by atoms with Crippen molar-refractivity contribution in [2.75, 3.05) is 23.3 Å². The van der Waals surface area contributed by atoms with E-state index in [0.717, 1.165) is 22.2 Å². The summed E-state index contributed by atoms with van der Waals surface area (Å²) in [6.07, 6.45) is -3.45. The molecule has 3 heterocycles. The van der Waals surface area contributed by atoms with E-state index < -0.39 is 16.9 Å². The van der Waals surface area contributed by atoms with Crippen molar-refractivity contribution in [3.05, 3.63) is 58.5 Å². The minimum Gasteiger partial charge on any atom is -0.356 e. The van der Waals surface area contributed by atoms with Crippen molar-refractivity contribution in [3.8, 4) is 0 Å². The number of amides is 2. The second-order valence-electron chi connectivity index (χ2n) is 8.11. The number of hydrogen-bond donors (Lipinski definition) is 2. The number of urea groups is 1. The van der Waals surface area contributed by atoms with E-state index in [1.807, 2.05) is 38.1 Å². The van der Waals surface area contributed by atoms with Crippen LogP contribution in [0.5, 0.6) is 0 Å². The number of pyridine rings is 2. The first-order valence-electron chi connectivity index (χ1n) is 10.5. The van der Waals surface area contributed by atoms with Gasteiger partial charge in [0.25, 0.3) is 0 Å². The monoisotopic (exact) mass is 477 g/mol. The van der Waals surface area contributed by atoms with E-state index in [1.165, 1.54) is 12.1 Å². The number of aryl methyl sites for hydroxylation is 2. The topological polar surface area (TPSA) is 70.2 Å². The number of halogens is 4. The molecular formula is C23H23ClF3N5O. The molecule has 2 amide bonds. The maximum Gasteiger partial charge on any atom is 0.434 e. The van der Waals surface area contributed by atoms with Crippen molar-refractivity contribution < 1.29 is 18.0 Å². The molecule has 1 aliphatic rings. The first-order chi connectivity index (χ1) is 15.6. The summed E-state index contributed by atoms with van der Waals surface area (Å²) in [6, 6.07) is 9.89. The molecule has 2 aromatic heterocycles. The number of carbonyl (C=O) groups is 1. The van der Waals surface area contributed by atoms with Gasteiger partial charge in [-0.3, -0.25) is 4.98 Å². The fraction of sp³-hybridized carbons (Fsp3) is 0.348. The summed E-state index contributed by atoms with van der Waals surface area (Å²) < 4.78 is 39.3. The summed E-state index contributed by atoms with van der Waals surface area (Å²) in [4.78, 5) is 22.6. The van der Waals surface area contributed by atoms with E-state index in [9.17, 15) is 18.0 Å². The Morgan fingerprint density at radius 1 is 1.09 bits per heavy atom. The van der Waals surface area contributed by atoms with Crippen LogP contribution in [0.3, 0.4) is 0 Å². The van der Waals surface area contributed by atoms with Gasteiger partial charge >= 0.3 is 12.2 Å². The Hall–Kier alpha value is -3.07. The lowest BCUT2D eigenvalue weighted by Gasteiger charge is -2.33. The number of rotatable bonds is 3. The minimum absolute atomic E-state index is 0.101. The Labute approximate surface area is 194 Å². The van der Waals surface area contributed by atoms with Gasteiger partial charge in [-0.05, 0) is 51.0 Å². The third kappa shape index (κ3) is 5.13. The summed E-state index contributed by atoms with van der Waals surface area (Å²) in [5, 5.41) is 7.35. The van der Waals surface area contributed by atoms with Gasteiger partial charge in [0.1, 0.15) is 5.82 Å². The van der Waals surface area contributed by atoms with Gasteiger partial charge in [0.2, 0.25) is 0 Å². The SMILES string of the molecule is Cc1cc2c(NC(=O)NC3CCN(c4ccc(Cl)c(C(F)(F)F)n4)CC3)cccc2c(C)n1. The second-order valence-corrected chi connectivity index (χ2v) is 8.51. The molecule has 3 aromatic rings. The number of piperidine rings is 1. The fourth-order valence-corrected chi connectivity index (χ4v) is 4.33. The third-order valence-corrected chi connectivity index (χ3v) is 6.00.